The zero-order valence-corrected chi connectivity index (χ0v) is 11.5. The highest BCUT2D eigenvalue weighted by Gasteiger charge is 2.51. The van der Waals surface area contributed by atoms with Crippen LogP contribution in [0.15, 0.2) is 66.7 Å². The number of rotatable bonds is 2. The Labute approximate surface area is 123 Å². The van der Waals surface area contributed by atoms with Crippen LogP contribution in [0.2, 0.25) is 0 Å². The third kappa shape index (κ3) is 1.77. The van der Waals surface area contributed by atoms with Gasteiger partial charge in [-0.15, -0.1) is 0 Å². The molecule has 4 rings (SSSR count). The van der Waals surface area contributed by atoms with Gasteiger partial charge < -0.3 is 4.74 Å². The molecule has 2 aromatic rings. The molecule has 1 saturated heterocycles. The van der Waals surface area contributed by atoms with Gasteiger partial charge in [0.1, 0.15) is 12.1 Å². The first-order chi connectivity index (χ1) is 10.3. The van der Waals surface area contributed by atoms with Gasteiger partial charge in [0.25, 0.3) is 0 Å². The van der Waals surface area contributed by atoms with E-state index in [4.69, 9.17) is 4.74 Å². The number of cyclic esters (lactones) is 1. The molecular formula is C18H15NO2. The van der Waals surface area contributed by atoms with Crippen molar-refractivity contribution >= 4 is 11.7 Å². The SMILES string of the molecule is O=C1OCC2(c3ccccc3)C=C(c3ccccc3)CN12. The zero-order valence-electron chi connectivity index (χ0n) is 11.5. The van der Waals surface area contributed by atoms with Crippen molar-refractivity contribution in [2.45, 2.75) is 5.54 Å². The van der Waals surface area contributed by atoms with Crippen molar-refractivity contribution in [3.63, 3.8) is 0 Å². The van der Waals surface area contributed by atoms with E-state index in [2.05, 4.69) is 30.3 Å². The zero-order chi connectivity index (χ0) is 14.3. The number of hydrogen-bond donors (Lipinski definition) is 0. The van der Waals surface area contributed by atoms with Crippen molar-refractivity contribution in [1.82, 2.24) is 4.90 Å². The number of carbonyl (C=O) groups is 1. The average molecular weight is 277 g/mol. The fourth-order valence-electron chi connectivity index (χ4n) is 3.20. The van der Waals surface area contributed by atoms with Gasteiger partial charge in [-0.3, -0.25) is 4.90 Å². The number of hydrogen-bond acceptors (Lipinski definition) is 2. The second-order valence-corrected chi connectivity index (χ2v) is 5.47. The van der Waals surface area contributed by atoms with Crippen LogP contribution >= 0.6 is 0 Å². The number of ether oxygens (including phenoxy) is 1. The summed E-state index contributed by atoms with van der Waals surface area (Å²) in [6, 6.07) is 20.3. The van der Waals surface area contributed by atoms with Gasteiger partial charge in [-0.2, -0.15) is 0 Å². The summed E-state index contributed by atoms with van der Waals surface area (Å²) in [6.07, 6.45) is 1.95. The third-order valence-corrected chi connectivity index (χ3v) is 4.28. The lowest BCUT2D eigenvalue weighted by molar-refractivity contribution is 0.161. The van der Waals surface area contributed by atoms with E-state index in [9.17, 15) is 4.79 Å². The van der Waals surface area contributed by atoms with Crippen molar-refractivity contribution in [3.05, 3.63) is 77.9 Å². The monoisotopic (exact) mass is 277 g/mol. The molecular weight excluding hydrogens is 262 g/mol. The summed E-state index contributed by atoms with van der Waals surface area (Å²) >= 11 is 0. The molecule has 1 amide bonds. The molecule has 2 aliphatic rings. The Bertz CT molecular complexity index is 709. The Morgan fingerprint density at radius 3 is 2.33 bits per heavy atom. The minimum atomic E-state index is -0.455. The molecule has 2 aromatic carbocycles. The number of carbonyl (C=O) groups excluding carboxylic acids is 1. The van der Waals surface area contributed by atoms with Crippen molar-refractivity contribution in [1.29, 1.82) is 0 Å². The van der Waals surface area contributed by atoms with E-state index in [-0.39, 0.29) is 6.09 Å². The largest absolute Gasteiger partial charge is 0.446 e. The fraction of sp³-hybridized carbons (Fsp3) is 0.167. The van der Waals surface area contributed by atoms with Crippen LogP contribution in [0.3, 0.4) is 0 Å². The quantitative estimate of drug-likeness (QED) is 0.841. The fourth-order valence-corrected chi connectivity index (χ4v) is 3.20. The van der Waals surface area contributed by atoms with Crippen molar-refractivity contribution in [2.24, 2.45) is 0 Å². The van der Waals surface area contributed by atoms with Gasteiger partial charge in [0, 0.05) is 0 Å². The molecule has 2 aliphatic heterocycles. The van der Waals surface area contributed by atoms with E-state index in [1.54, 1.807) is 0 Å². The van der Waals surface area contributed by atoms with Crippen LogP contribution in [0.1, 0.15) is 11.1 Å². The molecule has 0 bridgehead atoms. The highest BCUT2D eigenvalue weighted by Crippen LogP contribution is 2.44. The maximum atomic E-state index is 12.1. The molecule has 2 heterocycles. The lowest BCUT2D eigenvalue weighted by Crippen LogP contribution is -2.39. The van der Waals surface area contributed by atoms with E-state index >= 15 is 0 Å². The second kappa shape index (κ2) is 4.48. The summed E-state index contributed by atoms with van der Waals surface area (Å²) < 4.78 is 5.30. The maximum absolute atomic E-state index is 12.1. The van der Waals surface area contributed by atoms with E-state index in [0.717, 1.165) is 11.1 Å². The first kappa shape index (κ1) is 12.2. The molecule has 0 radical (unpaired) electrons. The molecule has 1 atom stereocenters. The van der Waals surface area contributed by atoms with Crippen LogP contribution in [0.4, 0.5) is 4.79 Å². The topological polar surface area (TPSA) is 29.5 Å². The van der Waals surface area contributed by atoms with Gasteiger partial charge >= 0.3 is 6.09 Å². The van der Waals surface area contributed by atoms with Gasteiger partial charge in [0.2, 0.25) is 0 Å². The second-order valence-electron chi connectivity index (χ2n) is 5.47. The molecule has 0 aromatic heterocycles. The van der Waals surface area contributed by atoms with Crippen molar-refractivity contribution in [2.75, 3.05) is 13.2 Å². The van der Waals surface area contributed by atoms with Crippen LogP contribution in [0.5, 0.6) is 0 Å². The number of benzene rings is 2. The standard InChI is InChI=1S/C18H15NO2/c20-17-19-12-15(14-7-3-1-4-8-14)11-18(19,13-21-17)16-9-5-2-6-10-16/h1-11H,12-13H2. The normalized spacial score (nSPS) is 23.7. The van der Waals surface area contributed by atoms with E-state index < -0.39 is 5.54 Å². The smallest absolute Gasteiger partial charge is 0.411 e. The van der Waals surface area contributed by atoms with Crippen LogP contribution in [-0.4, -0.2) is 24.1 Å². The Balaban J connectivity index is 1.83. The van der Waals surface area contributed by atoms with Crippen molar-refractivity contribution in [3.8, 4) is 0 Å². The summed E-state index contributed by atoms with van der Waals surface area (Å²) in [4.78, 5) is 13.9. The Morgan fingerprint density at radius 1 is 0.952 bits per heavy atom. The molecule has 0 saturated carbocycles. The molecule has 0 aliphatic carbocycles. The summed E-state index contributed by atoms with van der Waals surface area (Å²) in [5.74, 6) is 0. The molecule has 104 valence electrons. The molecule has 3 nitrogen and oxygen atoms in total. The van der Waals surface area contributed by atoms with Crippen molar-refractivity contribution < 1.29 is 9.53 Å². The van der Waals surface area contributed by atoms with Crippen LogP contribution in [-0.2, 0) is 10.3 Å². The van der Waals surface area contributed by atoms with Gasteiger partial charge in [0.05, 0.1) is 6.54 Å². The van der Waals surface area contributed by atoms with Gasteiger partial charge in [-0.05, 0) is 22.8 Å². The summed E-state index contributed by atoms with van der Waals surface area (Å²) in [5.41, 5.74) is 2.98. The Kier molecular flexibility index (Phi) is 2.61. The molecule has 0 N–H and O–H groups in total. The van der Waals surface area contributed by atoms with Crippen LogP contribution in [0, 0.1) is 0 Å². The minimum absolute atomic E-state index is 0.235. The Hall–Kier alpha value is -2.55. The Morgan fingerprint density at radius 2 is 1.62 bits per heavy atom. The minimum Gasteiger partial charge on any atom is -0.446 e. The van der Waals surface area contributed by atoms with E-state index in [1.165, 1.54) is 5.57 Å². The lowest BCUT2D eigenvalue weighted by atomic mass is 9.90. The van der Waals surface area contributed by atoms with Gasteiger partial charge in [0.15, 0.2) is 0 Å². The molecule has 3 heteroatoms. The van der Waals surface area contributed by atoms with Gasteiger partial charge in [-0.25, -0.2) is 4.79 Å². The average Bonchev–Trinajstić information content (AvgIpc) is 3.08. The third-order valence-electron chi connectivity index (χ3n) is 4.28. The van der Waals surface area contributed by atoms with E-state index in [0.29, 0.717) is 13.2 Å². The lowest BCUT2D eigenvalue weighted by Gasteiger charge is -2.27. The van der Waals surface area contributed by atoms with Gasteiger partial charge in [-0.1, -0.05) is 60.7 Å². The number of amides is 1. The van der Waals surface area contributed by atoms with Crippen LogP contribution < -0.4 is 0 Å². The molecule has 1 unspecified atom stereocenters. The predicted octanol–water partition coefficient (Wildman–Crippen LogP) is 3.43. The van der Waals surface area contributed by atoms with Crippen LogP contribution in [0.25, 0.3) is 5.57 Å². The predicted molar refractivity (Wildman–Crippen MR) is 80.6 cm³/mol. The highest BCUT2D eigenvalue weighted by atomic mass is 16.6. The first-order valence-corrected chi connectivity index (χ1v) is 7.07. The highest BCUT2D eigenvalue weighted by molar-refractivity contribution is 5.82. The molecule has 0 spiro atoms. The summed E-state index contributed by atoms with van der Waals surface area (Å²) in [7, 11) is 0. The maximum Gasteiger partial charge on any atom is 0.411 e. The van der Waals surface area contributed by atoms with E-state index in [1.807, 2.05) is 41.3 Å². The first-order valence-electron chi connectivity index (χ1n) is 7.07. The summed E-state index contributed by atoms with van der Waals surface area (Å²) in [6.45, 7) is 0.976. The summed E-state index contributed by atoms with van der Waals surface area (Å²) in [5, 5.41) is 0. The molecule has 1 fully saturated rings. The number of fused-ring (bicyclic) bond motifs is 1. The number of nitrogens with zero attached hydrogens (tertiary/aromatic N) is 1. The molecule has 21 heavy (non-hydrogen) atoms.